The predicted octanol–water partition coefficient (Wildman–Crippen LogP) is 3.50. The van der Waals surface area contributed by atoms with Crippen LogP contribution in [-0.4, -0.2) is 54.9 Å². The summed E-state index contributed by atoms with van der Waals surface area (Å²) in [7, 11) is -1.42. The largest absolute Gasteiger partial charge is 0.464 e. The number of ether oxygens (including phenoxy) is 2. The van der Waals surface area contributed by atoms with Crippen molar-refractivity contribution in [1.82, 2.24) is 9.88 Å². The van der Waals surface area contributed by atoms with Crippen molar-refractivity contribution < 1.29 is 18.5 Å². The Balaban J connectivity index is 1.86. The topological polar surface area (TPSA) is 81.1 Å². The molecular weight excluding hydrogens is 378 g/mol. The average molecular weight is 408 g/mol. The van der Waals surface area contributed by atoms with Crippen LogP contribution >= 0.6 is 0 Å². The average Bonchev–Trinajstić information content (AvgIpc) is 2.86. The highest BCUT2D eigenvalue weighted by molar-refractivity contribution is 7.85. The molecule has 2 aliphatic heterocycles. The number of nitrogens with zero attached hydrogens (tertiary/aromatic N) is 3. The van der Waals surface area contributed by atoms with Gasteiger partial charge < -0.3 is 14.4 Å². The van der Waals surface area contributed by atoms with Crippen LogP contribution in [0.15, 0.2) is 22.7 Å². The number of carbonyl (C=O) groups excluding carboxylic acids is 1. The Bertz CT molecular complexity index is 815. The van der Waals surface area contributed by atoms with E-state index in [0.717, 1.165) is 5.56 Å². The SMILES string of the molecule is CC(C)(C)OC(=O)N1CCC2(CC1)Oc1ncccc1C2=NS(=O)C(C)(C)C. The molecule has 3 heterocycles. The smallest absolute Gasteiger partial charge is 0.410 e. The molecule has 1 aromatic rings. The molecule has 0 aromatic carbocycles. The Morgan fingerprint density at radius 3 is 2.46 bits per heavy atom. The lowest BCUT2D eigenvalue weighted by molar-refractivity contribution is 0.00548. The minimum atomic E-state index is -1.42. The van der Waals surface area contributed by atoms with Gasteiger partial charge in [0.15, 0.2) is 5.60 Å². The van der Waals surface area contributed by atoms with Crippen molar-refractivity contribution in [3.05, 3.63) is 23.9 Å². The number of fused-ring (bicyclic) bond motifs is 1. The summed E-state index contributed by atoms with van der Waals surface area (Å²) in [6.07, 6.45) is 2.44. The first kappa shape index (κ1) is 20.8. The maximum absolute atomic E-state index is 12.7. The van der Waals surface area contributed by atoms with Crippen molar-refractivity contribution >= 4 is 22.8 Å². The van der Waals surface area contributed by atoms with E-state index in [4.69, 9.17) is 9.47 Å². The summed E-state index contributed by atoms with van der Waals surface area (Å²) in [6.45, 7) is 12.2. The van der Waals surface area contributed by atoms with E-state index in [-0.39, 0.29) is 6.09 Å². The van der Waals surface area contributed by atoms with E-state index < -0.39 is 26.9 Å². The second-order valence-corrected chi connectivity index (χ2v) is 11.1. The highest BCUT2D eigenvalue weighted by Gasteiger charge is 2.50. The molecule has 1 amide bonds. The van der Waals surface area contributed by atoms with Gasteiger partial charge in [0.25, 0.3) is 0 Å². The zero-order valence-corrected chi connectivity index (χ0v) is 18.3. The van der Waals surface area contributed by atoms with Crippen LogP contribution in [0.5, 0.6) is 5.88 Å². The molecule has 0 bridgehead atoms. The van der Waals surface area contributed by atoms with Gasteiger partial charge in [-0.3, -0.25) is 0 Å². The van der Waals surface area contributed by atoms with E-state index in [1.54, 1.807) is 11.1 Å². The van der Waals surface area contributed by atoms with Gasteiger partial charge >= 0.3 is 6.09 Å². The number of aromatic nitrogens is 1. The Labute approximate surface area is 169 Å². The molecule has 7 nitrogen and oxygen atoms in total. The zero-order chi connectivity index (χ0) is 20.7. The summed E-state index contributed by atoms with van der Waals surface area (Å²) in [5, 5.41) is 0. The number of pyridine rings is 1. The van der Waals surface area contributed by atoms with E-state index in [1.165, 1.54) is 0 Å². The second kappa shape index (κ2) is 7.13. The number of likely N-dealkylation sites (tertiary alicyclic amines) is 1. The Kier molecular flexibility index (Phi) is 5.29. The summed E-state index contributed by atoms with van der Waals surface area (Å²) in [4.78, 5) is 18.4. The van der Waals surface area contributed by atoms with Gasteiger partial charge in [0, 0.05) is 32.1 Å². The lowest BCUT2D eigenvalue weighted by Crippen LogP contribution is -2.53. The van der Waals surface area contributed by atoms with Crippen LogP contribution in [0.3, 0.4) is 0 Å². The molecule has 3 rings (SSSR count). The summed E-state index contributed by atoms with van der Waals surface area (Å²) < 4.78 is 28.6. The molecule has 1 fully saturated rings. The lowest BCUT2D eigenvalue weighted by atomic mass is 9.85. The third-order valence-corrected chi connectivity index (χ3v) is 6.07. The minimum absolute atomic E-state index is 0.326. The van der Waals surface area contributed by atoms with Gasteiger partial charge in [0.1, 0.15) is 22.3 Å². The monoisotopic (exact) mass is 407 g/mol. The molecule has 0 N–H and O–H groups in total. The third kappa shape index (κ3) is 4.21. The minimum Gasteiger partial charge on any atom is -0.464 e. The van der Waals surface area contributed by atoms with E-state index in [1.807, 2.05) is 53.7 Å². The molecule has 1 atom stereocenters. The van der Waals surface area contributed by atoms with Crippen LogP contribution in [-0.2, 0) is 15.7 Å². The quantitative estimate of drug-likeness (QED) is 0.712. The van der Waals surface area contributed by atoms with Crippen molar-refractivity contribution in [2.45, 2.75) is 70.3 Å². The molecule has 1 aromatic heterocycles. The molecular formula is C20H29N3O4S. The summed E-state index contributed by atoms with van der Waals surface area (Å²) in [6, 6.07) is 3.72. The van der Waals surface area contributed by atoms with Gasteiger partial charge in [-0.15, -0.1) is 0 Å². The standard InChI is InChI=1S/C20H29N3O4S/c1-18(2,3)27-17(24)23-12-9-20(10-13-23)15(22-28(25)19(4,5)6)14-8-7-11-21-16(14)26-20/h7-8,11H,9-10,12-13H2,1-6H3. The Morgan fingerprint density at radius 2 is 1.89 bits per heavy atom. The van der Waals surface area contributed by atoms with E-state index in [9.17, 15) is 9.00 Å². The number of piperidine rings is 1. The summed E-state index contributed by atoms with van der Waals surface area (Å²) in [5.41, 5.74) is 0.210. The fourth-order valence-electron chi connectivity index (χ4n) is 3.20. The first-order chi connectivity index (χ1) is 12.9. The molecule has 2 aliphatic rings. The Hall–Kier alpha value is -1.96. The van der Waals surface area contributed by atoms with Crippen molar-refractivity contribution in [3.63, 3.8) is 0 Å². The molecule has 1 saturated heterocycles. The fraction of sp³-hybridized carbons (Fsp3) is 0.650. The van der Waals surface area contributed by atoms with Gasteiger partial charge in [0.2, 0.25) is 5.88 Å². The number of carbonyl (C=O) groups is 1. The van der Waals surface area contributed by atoms with Gasteiger partial charge in [-0.2, -0.15) is 4.40 Å². The van der Waals surface area contributed by atoms with E-state index in [2.05, 4.69) is 9.38 Å². The highest BCUT2D eigenvalue weighted by Crippen LogP contribution is 2.41. The maximum atomic E-state index is 12.7. The van der Waals surface area contributed by atoms with E-state index in [0.29, 0.717) is 37.5 Å². The van der Waals surface area contributed by atoms with Crippen LogP contribution in [0.4, 0.5) is 4.79 Å². The molecule has 0 radical (unpaired) electrons. The maximum Gasteiger partial charge on any atom is 0.410 e. The van der Waals surface area contributed by atoms with Crippen LogP contribution in [0.25, 0.3) is 0 Å². The number of amides is 1. The molecule has 0 saturated carbocycles. The van der Waals surface area contributed by atoms with Crippen LogP contribution in [0.2, 0.25) is 0 Å². The predicted molar refractivity (Wildman–Crippen MR) is 109 cm³/mol. The van der Waals surface area contributed by atoms with Crippen molar-refractivity contribution in [2.75, 3.05) is 13.1 Å². The number of hydrogen-bond donors (Lipinski definition) is 0. The van der Waals surface area contributed by atoms with Crippen molar-refractivity contribution in [3.8, 4) is 5.88 Å². The van der Waals surface area contributed by atoms with Crippen LogP contribution in [0, 0.1) is 0 Å². The number of rotatable bonds is 1. The summed E-state index contributed by atoms with van der Waals surface area (Å²) >= 11 is 0. The van der Waals surface area contributed by atoms with Crippen LogP contribution in [0.1, 0.15) is 59.9 Å². The first-order valence-electron chi connectivity index (χ1n) is 9.55. The molecule has 8 heteroatoms. The Morgan fingerprint density at radius 1 is 1.25 bits per heavy atom. The van der Waals surface area contributed by atoms with Gasteiger partial charge in [-0.05, 0) is 53.7 Å². The normalized spacial score (nSPS) is 21.4. The van der Waals surface area contributed by atoms with Gasteiger partial charge in [-0.25, -0.2) is 14.0 Å². The van der Waals surface area contributed by atoms with E-state index >= 15 is 0 Å². The molecule has 28 heavy (non-hydrogen) atoms. The molecule has 1 spiro atoms. The highest BCUT2D eigenvalue weighted by atomic mass is 32.2. The third-order valence-electron chi connectivity index (χ3n) is 4.67. The van der Waals surface area contributed by atoms with Crippen LogP contribution < -0.4 is 4.74 Å². The fourth-order valence-corrected chi connectivity index (χ4v) is 3.90. The van der Waals surface area contributed by atoms with Crippen molar-refractivity contribution in [2.24, 2.45) is 4.40 Å². The van der Waals surface area contributed by atoms with Gasteiger partial charge in [-0.1, -0.05) is 0 Å². The second-order valence-electron chi connectivity index (χ2n) is 9.22. The molecule has 1 unspecified atom stereocenters. The molecule has 154 valence electrons. The lowest BCUT2D eigenvalue weighted by Gasteiger charge is -2.39. The number of hydrogen-bond acceptors (Lipinski definition) is 5. The first-order valence-corrected chi connectivity index (χ1v) is 10.7. The van der Waals surface area contributed by atoms with Gasteiger partial charge in [0.05, 0.1) is 10.3 Å². The molecule has 0 aliphatic carbocycles. The zero-order valence-electron chi connectivity index (χ0n) is 17.4. The van der Waals surface area contributed by atoms with Crippen molar-refractivity contribution in [1.29, 1.82) is 0 Å². The summed E-state index contributed by atoms with van der Waals surface area (Å²) in [5.74, 6) is 0.512.